The Morgan fingerprint density at radius 2 is 1.80 bits per heavy atom. The van der Waals surface area contributed by atoms with Crippen LogP contribution in [-0.4, -0.2) is 29.8 Å². The van der Waals surface area contributed by atoms with Crippen LogP contribution in [0.1, 0.15) is 17.3 Å². The molecule has 25 heavy (non-hydrogen) atoms. The number of anilines is 1. The Morgan fingerprint density at radius 1 is 1.12 bits per heavy atom. The fourth-order valence-electron chi connectivity index (χ4n) is 2.29. The number of aromatic nitrogens is 2. The lowest BCUT2D eigenvalue weighted by Gasteiger charge is -2.16. The third kappa shape index (κ3) is 3.66. The van der Waals surface area contributed by atoms with Crippen LogP contribution < -0.4 is 9.64 Å². The van der Waals surface area contributed by atoms with Gasteiger partial charge in [0.05, 0.1) is 7.11 Å². The maximum Gasteiger partial charge on any atom is 0.260 e. The number of carbonyl (C=O) groups is 1. The highest BCUT2D eigenvalue weighted by Gasteiger charge is 2.20. The molecule has 0 saturated heterocycles. The van der Waals surface area contributed by atoms with E-state index in [0.717, 1.165) is 11.3 Å². The van der Waals surface area contributed by atoms with Crippen molar-refractivity contribution in [1.82, 2.24) is 10.2 Å². The van der Waals surface area contributed by atoms with E-state index in [-0.39, 0.29) is 11.7 Å². The van der Waals surface area contributed by atoms with Crippen LogP contribution in [-0.2, 0) is 0 Å². The summed E-state index contributed by atoms with van der Waals surface area (Å²) in [7, 11) is 1.61. The number of methoxy groups -OCH3 is 1. The van der Waals surface area contributed by atoms with Crippen molar-refractivity contribution in [3.63, 3.8) is 0 Å². The number of rotatable bonds is 5. The smallest absolute Gasteiger partial charge is 0.260 e. The molecule has 0 saturated carbocycles. The minimum absolute atomic E-state index is 0.236. The average molecular weight is 357 g/mol. The van der Waals surface area contributed by atoms with Gasteiger partial charge in [0.1, 0.15) is 16.6 Å². The summed E-state index contributed by atoms with van der Waals surface area (Å²) in [5.41, 5.74) is 1.30. The molecule has 0 unspecified atom stereocenters. The highest BCUT2D eigenvalue weighted by molar-refractivity contribution is 7.18. The van der Waals surface area contributed by atoms with E-state index < -0.39 is 0 Å². The van der Waals surface area contributed by atoms with Gasteiger partial charge in [0.2, 0.25) is 5.13 Å². The average Bonchev–Trinajstić information content (AvgIpc) is 3.12. The second kappa shape index (κ2) is 7.40. The number of nitrogens with zero attached hydrogens (tertiary/aromatic N) is 3. The van der Waals surface area contributed by atoms with E-state index >= 15 is 0 Å². The third-order valence-corrected chi connectivity index (χ3v) is 4.63. The van der Waals surface area contributed by atoms with Crippen LogP contribution in [0.2, 0.25) is 0 Å². The Labute approximate surface area is 148 Å². The molecule has 128 valence electrons. The van der Waals surface area contributed by atoms with Gasteiger partial charge in [-0.2, -0.15) is 0 Å². The quantitative estimate of drug-likeness (QED) is 0.692. The van der Waals surface area contributed by atoms with Gasteiger partial charge in [-0.05, 0) is 55.5 Å². The topological polar surface area (TPSA) is 55.3 Å². The zero-order valence-corrected chi connectivity index (χ0v) is 14.6. The normalized spacial score (nSPS) is 10.5. The molecule has 0 atom stereocenters. The summed E-state index contributed by atoms with van der Waals surface area (Å²) < 4.78 is 18.2. The molecule has 0 fully saturated rings. The highest BCUT2D eigenvalue weighted by atomic mass is 32.1. The van der Waals surface area contributed by atoms with Gasteiger partial charge in [-0.3, -0.25) is 9.69 Å². The molecule has 3 rings (SSSR count). The molecule has 0 bridgehead atoms. The minimum Gasteiger partial charge on any atom is -0.497 e. The van der Waals surface area contributed by atoms with Crippen LogP contribution in [0.5, 0.6) is 5.75 Å². The molecule has 1 aromatic heterocycles. The summed E-state index contributed by atoms with van der Waals surface area (Å²) in [6.07, 6.45) is 0. The minimum atomic E-state index is -0.377. The molecule has 1 heterocycles. The molecule has 3 aromatic rings. The Balaban J connectivity index is 1.85. The summed E-state index contributed by atoms with van der Waals surface area (Å²) >= 11 is 1.33. The van der Waals surface area contributed by atoms with Crippen molar-refractivity contribution in [2.45, 2.75) is 6.92 Å². The first kappa shape index (κ1) is 17.0. The zero-order chi connectivity index (χ0) is 17.8. The summed E-state index contributed by atoms with van der Waals surface area (Å²) in [5.74, 6) is 0.146. The fourth-order valence-corrected chi connectivity index (χ4v) is 3.20. The molecular weight excluding hydrogens is 341 g/mol. The van der Waals surface area contributed by atoms with E-state index in [0.29, 0.717) is 22.2 Å². The van der Waals surface area contributed by atoms with Gasteiger partial charge >= 0.3 is 0 Å². The van der Waals surface area contributed by atoms with E-state index in [1.807, 2.05) is 31.2 Å². The van der Waals surface area contributed by atoms with Crippen LogP contribution in [0.15, 0.2) is 48.5 Å². The predicted molar refractivity (Wildman–Crippen MR) is 95.6 cm³/mol. The molecule has 0 N–H and O–H groups in total. The lowest BCUT2D eigenvalue weighted by molar-refractivity contribution is 0.0988. The van der Waals surface area contributed by atoms with Crippen molar-refractivity contribution in [3.8, 4) is 16.3 Å². The number of carbonyl (C=O) groups excluding carboxylic acids is 1. The SMILES string of the molecule is CCN(C(=O)c1ccc(F)cc1)c1nnc(-c2ccc(OC)cc2)s1. The van der Waals surface area contributed by atoms with Gasteiger partial charge in [-0.15, -0.1) is 10.2 Å². The van der Waals surface area contributed by atoms with Crippen LogP contribution >= 0.6 is 11.3 Å². The lowest BCUT2D eigenvalue weighted by atomic mass is 10.2. The first-order chi connectivity index (χ1) is 12.1. The number of ether oxygens (including phenoxy) is 1. The summed E-state index contributed by atoms with van der Waals surface area (Å²) in [6, 6.07) is 12.9. The van der Waals surface area contributed by atoms with Crippen LogP contribution in [0.25, 0.3) is 10.6 Å². The molecule has 0 aliphatic carbocycles. The Morgan fingerprint density at radius 3 is 2.40 bits per heavy atom. The molecule has 0 radical (unpaired) electrons. The van der Waals surface area contributed by atoms with E-state index in [2.05, 4.69) is 10.2 Å². The molecule has 0 aliphatic heterocycles. The van der Waals surface area contributed by atoms with Gasteiger partial charge in [-0.1, -0.05) is 11.3 Å². The number of amides is 1. The van der Waals surface area contributed by atoms with Crippen LogP contribution in [0, 0.1) is 5.82 Å². The first-order valence-corrected chi connectivity index (χ1v) is 8.49. The van der Waals surface area contributed by atoms with Crippen molar-refractivity contribution in [1.29, 1.82) is 0 Å². The summed E-state index contributed by atoms with van der Waals surface area (Å²) in [5, 5.41) is 9.53. The predicted octanol–water partition coefficient (Wildman–Crippen LogP) is 4.02. The van der Waals surface area contributed by atoms with Crippen LogP contribution in [0.4, 0.5) is 9.52 Å². The van der Waals surface area contributed by atoms with Crippen molar-refractivity contribution < 1.29 is 13.9 Å². The molecule has 1 amide bonds. The van der Waals surface area contributed by atoms with Gasteiger partial charge in [0.15, 0.2) is 0 Å². The van der Waals surface area contributed by atoms with Gasteiger partial charge in [-0.25, -0.2) is 4.39 Å². The molecule has 2 aromatic carbocycles. The number of halogens is 1. The van der Waals surface area contributed by atoms with Gasteiger partial charge in [0, 0.05) is 17.7 Å². The maximum atomic E-state index is 13.0. The molecule has 0 spiro atoms. The molecule has 7 heteroatoms. The third-order valence-electron chi connectivity index (χ3n) is 3.63. The fraction of sp³-hybridized carbons (Fsp3) is 0.167. The lowest BCUT2D eigenvalue weighted by Crippen LogP contribution is -2.30. The second-order valence-corrected chi connectivity index (χ2v) is 6.13. The Kier molecular flexibility index (Phi) is 5.04. The van der Waals surface area contributed by atoms with E-state index in [9.17, 15) is 9.18 Å². The highest BCUT2D eigenvalue weighted by Crippen LogP contribution is 2.30. The van der Waals surface area contributed by atoms with Crippen molar-refractivity contribution in [3.05, 3.63) is 59.9 Å². The Hall–Kier alpha value is -2.80. The summed E-state index contributed by atoms with van der Waals surface area (Å²) in [4.78, 5) is 14.2. The standard InChI is InChI=1S/C18H16FN3O2S/c1-3-22(17(23)13-4-8-14(19)9-5-13)18-21-20-16(25-18)12-6-10-15(24-2)11-7-12/h4-11H,3H2,1-2H3. The van der Waals surface area contributed by atoms with E-state index in [1.54, 1.807) is 7.11 Å². The Bertz CT molecular complexity index is 863. The summed E-state index contributed by atoms with van der Waals surface area (Å²) in [6.45, 7) is 2.29. The number of hydrogen-bond donors (Lipinski definition) is 0. The first-order valence-electron chi connectivity index (χ1n) is 7.67. The zero-order valence-electron chi connectivity index (χ0n) is 13.8. The van der Waals surface area contributed by atoms with Crippen molar-refractivity contribution >= 4 is 22.4 Å². The van der Waals surface area contributed by atoms with Crippen molar-refractivity contribution in [2.75, 3.05) is 18.6 Å². The van der Waals surface area contributed by atoms with Crippen LogP contribution in [0.3, 0.4) is 0 Å². The van der Waals surface area contributed by atoms with Gasteiger partial charge < -0.3 is 4.74 Å². The molecular formula is C18H16FN3O2S. The monoisotopic (exact) mass is 357 g/mol. The number of benzene rings is 2. The van der Waals surface area contributed by atoms with Crippen molar-refractivity contribution in [2.24, 2.45) is 0 Å². The largest absolute Gasteiger partial charge is 0.497 e. The van der Waals surface area contributed by atoms with E-state index in [4.69, 9.17) is 4.74 Å². The van der Waals surface area contributed by atoms with E-state index in [1.165, 1.54) is 40.5 Å². The molecule has 0 aliphatic rings. The molecule has 5 nitrogen and oxygen atoms in total. The maximum absolute atomic E-state index is 13.0. The second-order valence-electron chi connectivity index (χ2n) is 5.17. The van der Waals surface area contributed by atoms with Gasteiger partial charge in [0.25, 0.3) is 5.91 Å². The number of hydrogen-bond acceptors (Lipinski definition) is 5.